The number of nitrogens with one attached hydrogen (secondary N) is 1. The molecule has 3 aromatic rings. The van der Waals surface area contributed by atoms with Crippen molar-refractivity contribution in [2.75, 3.05) is 5.32 Å². The van der Waals surface area contributed by atoms with Gasteiger partial charge in [-0.2, -0.15) is 13.2 Å². The van der Waals surface area contributed by atoms with E-state index in [0.717, 1.165) is 23.5 Å². The fourth-order valence-electron chi connectivity index (χ4n) is 2.46. The highest BCUT2D eigenvalue weighted by Crippen LogP contribution is 2.34. The molecule has 0 aliphatic heterocycles. The van der Waals surface area contributed by atoms with Crippen molar-refractivity contribution < 1.29 is 31.9 Å². The number of ether oxygens (including phenoxy) is 1. The second-order valence-electron chi connectivity index (χ2n) is 5.87. The number of hydrogen-bond donors (Lipinski definition) is 1. The lowest BCUT2D eigenvalue weighted by Crippen LogP contribution is -2.30. The molecular formula is C19H13F4NO3S. The second-order valence-corrected chi connectivity index (χ2v) is 6.96. The number of thiophene rings is 1. The molecule has 9 heteroatoms. The van der Waals surface area contributed by atoms with Crippen molar-refractivity contribution in [1.29, 1.82) is 0 Å². The first kappa shape index (κ1) is 19.8. The lowest BCUT2D eigenvalue weighted by molar-refractivity contribution is -0.137. The summed E-state index contributed by atoms with van der Waals surface area (Å²) >= 11 is 1.06. The van der Waals surface area contributed by atoms with Gasteiger partial charge in [0.05, 0.1) is 11.3 Å². The van der Waals surface area contributed by atoms with Crippen LogP contribution in [-0.4, -0.2) is 18.0 Å². The number of carbonyl (C=O) groups is 2. The van der Waals surface area contributed by atoms with Crippen LogP contribution in [0, 0.1) is 5.82 Å². The van der Waals surface area contributed by atoms with Crippen LogP contribution in [0.4, 0.5) is 23.2 Å². The zero-order valence-electron chi connectivity index (χ0n) is 14.3. The van der Waals surface area contributed by atoms with Gasteiger partial charge in [-0.05, 0) is 48.7 Å². The van der Waals surface area contributed by atoms with Crippen LogP contribution in [-0.2, 0) is 15.7 Å². The topological polar surface area (TPSA) is 55.4 Å². The Bertz CT molecular complexity index is 1050. The number of alkyl halides is 3. The molecule has 146 valence electrons. The van der Waals surface area contributed by atoms with Gasteiger partial charge in [-0.1, -0.05) is 12.1 Å². The van der Waals surface area contributed by atoms with Crippen LogP contribution in [0.3, 0.4) is 0 Å². The number of anilines is 1. The Hall–Kier alpha value is -2.94. The minimum absolute atomic E-state index is 0.149. The van der Waals surface area contributed by atoms with Crippen LogP contribution >= 0.6 is 11.3 Å². The number of fused-ring (bicyclic) bond motifs is 1. The van der Waals surface area contributed by atoms with Crippen LogP contribution < -0.4 is 5.32 Å². The molecule has 1 amide bonds. The third-order valence-electron chi connectivity index (χ3n) is 3.82. The predicted molar refractivity (Wildman–Crippen MR) is 96.7 cm³/mol. The Morgan fingerprint density at radius 1 is 1.11 bits per heavy atom. The molecule has 0 radical (unpaired) electrons. The Labute approximate surface area is 160 Å². The summed E-state index contributed by atoms with van der Waals surface area (Å²) in [5, 5.41) is 2.63. The van der Waals surface area contributed by atoms with E-state index in [0.29, 0.717) is 10.1 Å². The van der Waals surface area contributed by atoms with E-state index >= 15 is 0 Å². The monoisotopic (exact) mass is 411 g/mol. The van der Waals surface area contributed by atoms with Crippen LogP contribution in [0.15, 0.2) is 48.5 Å². The molecule has 1 aromatic heterocycles. The molecular weight excluding hydrogens is 398 g/mol. The molecule has 4 nitrogen and oxygen atoms in total. The van der Waals surface area contributed by atoms with Gasteiger partial charge in [0.15, 0.2) is 6.10 Å². The fourth-order valence-corrected chi connectivity index (χ4v) is 3.39. The predicted octanol–water partition coefficient (Wildman–Crippen LogP) is 5.24. The lowest BCUT2D eigenvalue weighted by Gasteiger charge is -2.16. The molecule has 3 rings (SSSR count). The first-order chi connectivity index (χ1) is 13.1. The molecule has 0 saturated heterocycles. The van der Waals surface area contributed by atoms with Gasteiger partial charge in [-0.15, -0.1) is 11.3 Å². The summed E-state index contributed by atoms with van der Waals surface area (Å²) in [7, 11) is 0. The van der Waals surface area contributed by atoms with E-state index in [-0.39, 0.29) is 4.88 Å². The number of halogens is 4. The molecule has 1 N–H and O–H groups in total. The van der Waals surface area contributed by atoms with Crippen LogP contribution in [0.1, 0.15) is 22.2 Å². The van der Waals surface area contributed by atoms with Gasteiger partial charge in [0.25, 0.3) is 5.91 Å². The van der Waals surface area contributed by atoms with Gasteiger partial charge in [-0.3, -0.25) is 4.79 Å². The minimum atomic E-state index is -4.64. The number of carbonyl (C=O) groups excluding carboxylic acids is 2. The van der Waals surface area contributed by atoms with Gasteiger partial charge < -0.3 is 10.1 Å². The Morgan fingerprint density at radius 2 is 1.82 bits per heavy atom. The molecule has 28 heavy (non-hydrogen) atoms. The molecule has 0 saturated carbocycles. The summed E-state index contributed by atoms with van der Waals surface area (Å²) < 4.78 is 57.9. The maximum atomic E-state index is 13.2. The van der Waals surface area contributed by atoms with Gasteiger partial charge in [0.2, 0.25) is 0 Å². The molecule has 0 spiro atoms. The smallest absolute Gasteiger partial charge is 0.418 e. The summed E-state index contributed by atoms with van der Waals surface area (Å²) in [6.07, 6.45) is -5.98. The largest absolute Gasteiger partial charge is 0.448 e. The van der Waals surface area contributed by atoms with Crippen LogP contribution in [0.2, 0.25) is 0 Å². The first-order valence-electron chi connectivity index (χ1n) is 8.02. The van der Waals surface area contributed by atoms with E-state index in [9.17, 15) is 27.2 Å². The number of benzene rings is 2. The molecule has 0 bridgehead atoms. The maximum Gasteiger partial charge on any atom is 0.418 e. The molecule has 1 atom stereocenters. The number of hydrogen-bond acceptors (Lipinski definition) is 4. The van der Waals surface area contributed by atoms with E-state index in [1.807, 2.05) is 0 Å². The van der Waals surface area contributed by atoms with E-state index in [2.05, 4.69) is 5.32 Å². The molecule has 1 heterocycles. The highest BCUT2D eigenvalue weighted by Gasteiger charge is 2.34. The fraction of sp³-hybridized carbons (Fsp3) is 0.158. The van der Waals surface area contributed by atoms with Crippen LogP contribution in [0.5, 0.6) is 0 Å². The van der Waals surface area contributed by atoms with E-state index in [4.69, 9.17) is 4.74 Å². The number of rotatable bonds is 4. The van der Waals surface area contributed by atoms with Crippen molar-refractivity contribution in [2.45, 2.75) is 19.2 Å². The summed E-state index contributed by atoms with van der Waals surface area (Å²) in [6.45, 7) is 1.25. The Kier molecular flexibility index (Phi) is 5.37. The van der Waals surface area contributed by atoms with Crippen LogP contribution in [0.25, 0.3) is 10.1 Å². The normalized spacial score (nSPS) is 12.6. The SMILES string of the molecule is C[C@H](OC(=O)c1cc2cc(F)ccc2s1)C(=O)Nc1ccccc1C(F)(F)F. The Morgan fingerprint density at radius 3 is 2.54 bits per heavy atom. The molecule has 0 unspecified atom stereocenters. The average Bonchev–Trinajstić information content (AvgIpc) is 3.04. The molecule has 0 aliphatic rings. The van der Waals surface area contributed by atoms with Crippen molar-refractivity contribution in [2.24, 2.45) is 0 Å². The second kappa shape index (κ2) is 7.59. The minimum Gasteiger partial charge on any atom is -0.448 e. The highest BCUT2D eigenvalue weighted by molar-refractivity contribution is 7.20. The highest BCUT2D eigenvalue weighted by atomic mass is 32.1. The van der Waals surface area contributed by atoms with Gasteiger partial charge >= 0.3 is 12.1 Å². The molecule has 2 aromatic carbocycles. The van der Waals surface area contributed by atoms with Gasteiger partial charge in [0, 0.05) is 4.70 Å². The summed E-state index contributed by atoms with van der Waals surface area (Å²) in [5.74, 6) is -2.19. The van der Waals surface area contributed by atoms with E-state index in [1.54, 1.807) is 0 Å². The third-order valence-corrected chi connectivity index (χ3v) is 4.92. The number of esters is 1. The molecule has 0 fully saturated rings. The zero-order chi connectivity index (χ0) is 20.5. The zero-order valence-corrected chi connectivity index (χ0v) is 15.2. The third kappa shape index (κ3) is 4.30. The van der Waals surface area contributed by atoms with Crippen molar-refractivity contribution in [3.8, 4) is 0 Å². The van der Waals surface area contributed by atoms with E-state index < -0.39 is 41.2 Å². The van der Waals surface area contributed by atoms with Gasteiger partial charge in [0.1, 0.15) is 10.7 Å². The standard InChI is InChI=1S/C19H13F4NO3S/c1-10(17(25)24-14-5-3-2-4-13(14)19(21,22)23)27-18(26)16-9-11-8-12(20)6-7-15(11)28-16/h2-10H,1H3,(H,24,25)/t10-/m0/s1. The quantitative estimate of drug-likeness (QED) is 0.472. The van der Waals surface area contributed by atoms with Gasteiger partial charge in [-0.25, -0.2) is 9.18 Å². The van der Waals surface area contributed by atoms with Crippen molar-refractivity contribution in [1.82, 2.24) is 0 Å². The Balaban J connectivity index is 1.71. The summed E-state index contributed by atoms with van der Waals surface area (Å²) in [4.78, 5) is 24.5. The van der Waals surface area contributed by atoms with E-state index in [1.165, 1.54) is 43.3 Å². The number of para-hydroxylation sites is 1. The van der Waals surface area contributed by atoms with Crippen molar-refractivity contribution >= 4 is 39.0 Å². The molecule has 0 aliphatic carbocycles. The lowest BCUT2D eigenvalue weighted by atomic mass is 10.1. The first-order valence-corrected chi connectivity index (χ1v) is 8.84. The summed E-state index contributed by atoms with van der Waals surface area (Å²) in [6, 6.07) is 9.93. The average molecular weight is 411 g/mol. The number of amides is 1. The van der Waals surface area contributed by atoms with Crippen molar-refractivity contribution in [3.05, 3.63) is 64.8 Å². The van der Waals surface area contributed by atoms with Crippen molar-refractivity contribution in [3.63, 3.8) is 0 Å². The maximum absolute atomic E-state index is 13.2. The summed E-state index contributed by atoms with van der Waals surface area (Å²) in [5.41, 5.74) is -1.44.